The van der Waals surface area contributed by atoms with Crippen LogP contribution >= 0.6 is 11.8 Å². The van der Waals surface area contributed by atoms with E-state index in [1.807, 2.05) is 30.5 Å². The van der Waals surface area contributed by atoms with Crippen molar-refractivity contribution in [3.05, 3.63) is 42.2 Å². The van der Waals surface area contributed by atoms with Crippen LogP contribution in [0.15, 0.2) is 41.3 Å². The van der Waals surface area contributed by atoms with Crippen molar-refractivity contribution in [2.75, 3.05) is 24.4 Å². The predicted molar refractivity (Wildman–Crippen MR) is 78.9 cm³/mol. The van der Waals surface area contributed by atoms with Crippen LogP contribution in [0.2, 0.25) is 0 Å². The van der Waals surface area contributed by atoms with Crippen LogP contribution in [-0.2, 0) is 0 Å². The van der Waals surface area contributed by atoms with Crippen LogP contribution in [0, 0.1) is 5.82 Å². The second-order valence-electron chi connectivity index (χ2n) is 3.93. The molecule has 0 atom stereocenters. The number of thioether (sulfide) groups is 1. The number of hydrogen-bond acceptors (Lipinski definition) is 4. The minimum Gasteiger partial charge on any atom is -0.494 e. The third kappa shape index (κ3) is 3.12. The van der Waals surface area contributed by atoms with E-state index in [0.717, 1.165) is 10.6 Å². The molecule has 0 radical (unpaired) electrons. The van der Waals surface area contributed by atoms with Gasteiger partial charge in [0.05, 0.1) is 18.5 Å². The summed E-state index contributed by atoms with van der Waals surface area (Å²) in [5.41, 5.74) is 7.66. The SMILES string of the molecule is COc1cc(Nc2cccc(SC)c2)c(N)cc1F. The average molecular weight is 278 g/mol. The minimum absolute atomic E-state index is 0.165. The lowest BCUT2D eigenvalue weighted by Crippen LogP contribution is -1.99. The lowest BCUT2D eigenvalue weighted by atomic mass is 10.2. The Kier molecular flexibility index (Phi) is 4.16. The van der Waals surface area contributed by atoms with Gasteiger partial charge < -0.3 is 15.8 Å². The Morgan fingerprint density at radius 2 is 2.05 bits per heavy atom. The fourth-order valence-electron chi connectivity index (χ4n) is 1.69. The molecule has 0 aromatic heterocycles. The van der Waals surface area contributed by atoms with Crippen molar-refractivity contribution in [1.29, 1.82) is 0 Å². The molecule has 3 nitrogen and oxygen atoms in total. The Bertz CT molecular complexity index is 590. The normalized spacial score (nSPS) is 10.3. The quantitative estimate of drug-likeness (QED) is 0.658. The molecule has 0 unspecified atom stereocenters. The van der Waals surface area contributed by atoms with Crippen LogP contribution in [0.1, 0.15) is 0 Å². The molecule has 0 amide bonds. The van der Waals surface area contributed by atoms with Crippen molar-refractivity contribution in [1.82, 2.24) is 0 Å². The Labute approximate surface area is 116 Å². The molecule has 2 rings (SSSR count). The zero-order valence-corrected chi connectivity index (χ0v) is 11.6. The number of benzene rings is 2. The van der Waals surface area contributed by atoms with E-state index in [1.54, 1.807) is 17.8 Å². The third-order valence-corrected chi connectivity index (χ3v) is 3.40. The molecule has 0 spiro atoms. The monoisotopic (exact) mass is 278 g/mol. The third-order valence-electron chi connectivity index (χ3n) is 2.67. The van der Waals surface area contributed by atoms with Crippen LogP contribution in [-0.4, -0.2) is 13.4 Å². The van der Waals surface area contributed by atoms with Gasteiger partial charge in [-0.2, -0.15) is 0 Å². The zero-order chi connectivity index (χ0) is 13.8. The summed E-state index contributed by atoms with van der Waals surface area (Å²) < 4.78 is 18.4. The Morgan fingerprint density at radius 3 is 2.74 bits per heavy atom. The maximum atomic E-state index is 13.5. The van der Waals surface area contributed by atoms with Crippen molar-refractivity contribution in [2.45, 2.75) is 4.90 Å². The lowest BCUT2D eigenvalue weighted by molar-refractivity contribution is 0.387. The first-order valence-electron chi connectivity index (χ1n) is 5.68. The molecule has 100 valence electrons. The molecule has 0 heterocycles. The molecule has 2 aromatic rings. The molecule has 0 aliphatic rings. The highest BCUT2D eigenvalue weighted by Crippen LogP contribution is 2.31. The summed E-state index contributed by atoms with van der Waals surface area (Å²) in [7, 11) is 1.42. The van der Waals surface area contributed by atoms with Gasteiger partial charge in [-0.25, -0.2) is 4.39 Å². The molecule has 2 aromatic carbocycles. The highest BCUT2D eigenvalue weighted by Gasteiger charge is 2.08. The van der Waals surface area contributed by atoms with E-state index >= 15 is 0 Å². The van der Waals surface area contributed by atoms with E-state index in [1.165, 1.54) is 13.2 Å². The largest absolute Gasteiger partial charge is 0.494 e. The van der Waals surface area contributed by atoms with Gasteiger partial charge >= 0.3 is 0 Å². The van der Waals surface area contributed by atoms with Crippen LogP contribution in [0.25, 0.3) is 0 Å². The number of methoxy groups -OCH3 is 1. The van der Waals surface area contributed by atoms with Gasteiger partial charge in [-0.05, 0) is 24.5 Å². The van der Waals surface area contributed by atoms with Gasteiger partial charge in [-0.3, -0.25) is 0 Å². The number of nitrogens with one attached hydrogen (secondary N) is 1. The van der Waals surface area contributed by atoms with E-state index in [2.05, 4.69) is 5.32 Å². The Hall–Kier alpha value is -1.88. The van der Waals surface area contributed by atoms with Gasteiger partial charge in [-0.1, -0.05) is 6.07 Å². The fourth-order valence-corrected chi connectivity index (χ4v) is 2.15. The maximum Gasteiger partial charge on any atom is 0.167 e. The van der Waals surface area contributed by atoms with Gasteiger partial charge in [0.1, 0.15) is 0 Å². The van der Waals surface area contributed by atoms with Gasteiger partial charge in [0, 0.05) is 22.7 Å². The number of nitrogen functional groups attached to an aromatic ring is 1. The van der Waals surface area contributed by atoms with Crippen molar-refractivity contribution < 1.29 is 9.13 Å². The molecule has 0 aliphatic carbocycles. The van der Waals surface area contributed by atoms with Crippen LogP contribution in [0.3, 0.4) is 0 Å². The van der Waals surface area contributed by atoms with Crippen molar-refractivity contribution in [2.24, 2.45) is 0 Å². The van der Waals surface area contributed by atoms with Gasteiger partial charge in [0.25, 0.3) is 0 Å². The Morgan fingerprint density at radius 1 is 1.26 bits per heavy atom. The highest BCUT2D eigenvalue weighted by molar-refractivity contribution is 7.98. The summed E-state index contributed by atoms with van der Waals surface area (Å²) in [6.07, 6.45) is 2.01. The number of hydrogen-bond donors (Lipinski definition) is 2. The second kappa shape index (κ2) is 5.84. The van der Waals surface area contributed by atoms with E-state index < -0.39 is 5.82 Å². The van der Waals surface area contributed by atoms with Gasteiger partial charge in [0.15, 0.2) is 11.6 Å². The highest BCUT2D eigenvalue weighted by atomic mass is 32.2. The molecule has 0 aliphatic heterocycles. The zero-order valence-electron chi connectivity index (χ0n) is 10.7. The molecule has 19 heavy (non-hydrogen) atoms. The predicted octanol–water partition coefficient (Wildman–Crippen LogP) is 3.88. The van der Waals surface area contributed by atoms with E-state index in [-0.39, 0.29) is 5.75 Å². The van der Waals surface area contributed by atoms with Gasteiger partial charge in [-0.15, -0.1) is 11.8 Å². The first-order chi connectivity index (χ1) is 9.13. The summed E-state index contributed by atoms with van der Waals surface area (Å²) in [4.78, 5) is 1.14. The number of rotatable bonds is 4. The number of nitrogens with two attached hydrogens (primary N) is 1. The summed E-state index contributed by atoms with van der Waals surface area (Å²) in [5, 5.41) is 3.16. The molecule has 3 N–H and O–H groups in total. The van der Waals surface area contributed by atoms with E-state index in [4.69, 9.17) is 10.5 Å². The summed E-state index contributed by atoms with van der Waals surface area (Å²) in [6, 6.07) is 10.7. The van der Waals surface area contributed by atoms with E-state index in [9.17, 15) is 4.39 Å². The van der Waals surface area contributed by atoms with Crippen LogP contribution < -0.4 is 15.8 Å². The minimum atomic E-state index is -0.469. The first kappa shape index (κ1) is 13.5. The molecular weight excluding hydrogens is 263 g/mol. The molecule has 0 saturated heterocycles. The first-order valence-corrected chi connectivity index (χ1v) is 6.90. The average Bonchev–Trinajstić information content (AvgIpc) is 2.42. The van der Waals surface area contributed by atoms with E-state index in [0.29, 0.717) is 11.4 Å². The molecule has 0 bridgehead atoms. The topological polar surface area (TPSA) is 47.3 Å². The summed E-state index contributed by atoms with van der Waals surface area (Å²) >= 11 is 1.65. The Balaban J connectivity index is 2.32. The summed E-state index contributed by atoms with van der Waals surface area (Å²) in [5.74, 6) is -0.305. The number of anilines is 3. The lowest BCUT2D eigenvalue weighted by Gasteiger charge is -2.12. The fraction of sp³-hybridized carbons (Fsp3) is 0.143. The second-order valence-corrected chi connectivity index (χ2v) is 4.81. The smallest absolute Gasteiger partial charge is 0.167 e. The molecule has 5 heteroatoms. The molecular formula is C14H15FN2OS. The summed E-state index contributed by atoms with van der Waals surface area (Å²) in [6.45, 7) is 0. The van der Waals surface area contributed by atoms with Crippen LogP contribution in [0.5, 0.6) is 5.75 Å². The van der Waals surface area contributed by atoms with Crippen molar-refractivity contribution in [3.8, 4) is 5.75 Å². The van der Waals surface area contributed by atoms with Crippen molar-refractivity contribution in [3.63, 3.8) is 0 Å². The van der Waals surface area contributed by atoms with Crippen molar-refractivity contribution >= 4 is 28.8 Å². The molecule has 0 saturated carbocycles. The standard InChI is InChI=1S/C14H15FN2OS/c1-18-14-8-13(12(16)7-11(14)15)17-9-4-3-5-10(6-9)19-2/h3-8,17H,16H2,1-2H3. The van der Waals surface area contributed by atoms with Crippen LogP contribution in [0.4, 0.5) is 21.5 Å². The number of halogens is 1. The maximum absolute atomic E-state index is 13.5. The molecule has 0 fully saturated rings. The van der Waals surface area contributed by atoms with Gasteiger partial charge in [0.2, 0.25) is 0 Å². The number of ether oxygens (including phenoxy) is 1.